The number of nitrogens with one attached hydrogen (secondary N) is 1. The molecule has 1 heterocycles. The van der Waals surface area contributed by atoms with E-state index in [1.54, 1.807) is 23.8 Å². The molecule has 0 aliphatic carbocycles. The number of carbonyl (C=O) groups is 2. The lowest BCUT2D eigenvalue weighted by Crippen LogP contribution is -2.49. The number of piperidine rings is 1. The van der Waals surface area contributed by atoms with Crippen LogP contribution in [0.3, 0.4) is 0 Å². The second kappa shape index (κ2) is 8.78. The number of likely N-dealkylation sites (tertiary alicyclic amines) is 1. The van der Waals surface area contributed by atoms with E-state index < -0.39 is 0 Å². The predicted octanol–water partition coefficient (Wildman–Crippen LogP) is 3.10. The van der Waals surface area contributed by atoms with E-state index in [-0.39, 0.29) is 18.2 Å². The second-order valence-electron chi connectivity index (χ2n) is 5.89. The van der Waals surface area contributed by atoms with Crippen LogP contribution >= 0.6 is 11.6 Å². The Kier molecular flexibility index (Phi) is 6.73. The number of urea groups is 1. The molecule has 0 spiro atoms. The second-order valence-corrected chi connectivity index (χ2v) is 6.33. The lowest BCUT2D eigenvalue weighted by molar-refractivity contribution is 0.0952. The first-order valence-electron chi connectivity index (χ1n) is 8.17. The van der Waals surface area contributed by atoms with Crippen LogP contribution in [0.25, 0.3) is 0 Å². The van der Waals surface area contributed by atoms with Gasteiger partial charge in [0, 0.05) is 37.7 Å². The van der Waals surface area contributed by atoms with Gasteiger partial charge in [-0.05, 0) is 37.5 Å². The summed E-state index contributed by atoms with van der Waals surface area (Å²) in [5, 5.41) is 3.70. The van der Waals surface area contributed by atoms with Crippen LogP contribution in [0.5, 0.6) is 0 Å². The molecular weight excluding hydrogens is 330 g/mol. The number of nitrogens with zero attached hydrogens (tertiary/aromatic N) is 2. The molecule has 132 valence electrons. The Morgan fingerprint density at radius 1 is 1.29 bits per heavy atom. The van der Waals surface area contributed by atoms with E-state index in [2.05, 4.69) is 5.32 Å². The number of halogens is 1. The molecule has 2 rings (SSSR count). The van der Waals surface area contributed by atoms with Crippen molar-refractivity contribution < 1.29 is 14.3 Å². The Morgan fingerprint density at radius 2 is 1.92 bits per heavy atom. The standard InChI is InChI=1S/C17H24ClN3O3/c1-3-24-17(23)21-10-8-15(9-11-21)19-16(22)20(2)12-13-4-6-14(18)7-5-13/h4-7,15H,3,8-12H2,1-2H3,(H,19,22). The molecule has 3 amide bonds. The van der Waals surface area contributed by atoms with Gasteiger partial charge in [-0.15, -0.1) is 0 Å². The number of amides is 3. The fourth-order valence-electron chi connectivity index (χ4n) is 2.64. The predicted molar refractivity (Wildman–Crippen MR) is 93.1 cm³/mol. The van der Waals surface area contributed by atoms with Crippen LogP contribution in [-0.4, -0.2) is 54.7 Å². The number of rotatable bonds is 4. The topological polar surface area (TPSA) is 61.9 Å². The summed E-state index contributed by atoms with van der Waals surface area (Å²) in [7, 11) is 1.76. The molecule has 6 nitrogen and oxygen atoms in total. The zero-order valence-corrected chi connectivity index (χ0v) is 14.9. The van der Waals surface area contributed by atoms with Crippen LogP contribution in [-0.2, 0) is 11.3 Å². The number of benzene rings is 1. The maximum absolute atomic E-state index is 12.3. The van der Waals surface area contributed by atoms with Gasteiger partial charge in [0.2, 0.25) is 0 Å². The molecular formula is C17H24ClN3O3. The Bertz CT molecular complexity index is 557. The zero-order valence-electron chi connectivity index (χ0n) is 14.1. The molecule has 1 saturated heterocycles. The maximum atomic E-state index is 12.3. The molecule has 24 heavy (non-hydrogen) atoms. The molecule has 1 aliphatic rings. The number of carbonyl (C=O) groups excluding carboxylic acids is 2. The van der Waals surface area contributed by atoms with Crippen LogP contribution in [0.2, 0.25) is 5.02 Å². The molecule has 0 aromatic heterocycles. The van der Waals surface area contributed by atoms with Gasteiger partial charge in [-0.3, -0.25) is 0 Å². The molecule has 7 heteroatoms. The molecule has 1 N–H and O–H groups in total. The average molecular weight is 354 g/mol. The lowest BCUT2D eigenvalue weighted by Gasteiger charge is -2.32. The van der Waals surface area contributed by atoms with Crippen molar-refractivity contribution in [2.45, 2.75) is 32.4 Å². The fraction of sp³-hybridized carbons (Fsp3) is 0.529. The van der Waals surface area contributed by atoms with E-state index in [1.165, 1.54) is 0 Å². The van der Waals surface area contributed by atoms with E-state index in [0.717, 1.165) is 18.4 Å². The SMILES string of the molecule is CCOC(=O)N1CCC(NC(=O)N(C)Cc2ccc(Cl)cc2)CC1. The summed E-state index contributed by atoms with van der Waals surface area (Å²) >= 11 is 5.86. The number of ether oxygens (including phenoxy) is 1. The summed E-state index contributed by atoms with van der Waals surface area (Å²) in [6, 6.07) is 7.41. The van der Waals surface area contributed by atoms with Gasteiger partial charge in [0.05, 0.1) is 6.61 Å². The quantitative estimate of drug-likeness (QED) is 0.904. The van der Waals surface area contributed by atoms with Gasteiger partial charge in [0.25, 0.3) is 0 Å². The van der Waals surface area contributed by atoms with E-state index >= 15 is 0 Å². The van der Waals surface area contributed by atoms with E-state index in [4.69, 9.17) is 16.3 Å². The van der Waals surface area contributed by atoms with Crippen molar-refractivity contribution in [1.82, 2.24) is 15.1 Å². The summed E-state index contributed by atoms with van der Waals surface area (Å²) in [6.45, 7) is 3.90. The first-order valence-corrected chi connectivity index (χ1v) is 8.55. The summed E-state index contributed by atoms with van der Waals surface area (Å²) in [5.74, 6) is 0. The third-order valence-corrected chi connectivity index (χ3v) is 4.28. The maximum Gasteiger partial charge on any atom is 0.409 e. The first-order chi connectivity index (χ1) is 11.5. The Labute approximate surface area is 147 Å². The molecule has 0 unspecified atom stereocenters. The monoisotopic (exact) mass is 353 g/mol. The van der Waals surface area contributed by atoms with Crippen molar-refractivity contribution in [3.05, 3.63) is 34.9 Å². The number of hydrogen-bond donors (Lipinski definition) is 1. The van der Waals surface area contributed by atoms with Gasteiger partial charge in [0.15, 0.2) is 0 Å². The molecule has 1 aliphatic heterocycles. The van der Waals surface area contributed by atoms with Crippen molar-refractivity contribution in [3.63, 3.8) is 0 Å². The van der Waals surface area contributed by atoms with Gasteiger partial charge >= 0.3 is 12.1 Å². The average Bonchev–Trinajstić information content (AvgIpc) is 2.57. The van der Waals surface area contributed by atoms with Gasteiger partial charge in [-0.25, -0.2) is 9.59 Å². The van der Waals surface area contributed by atoms with Crippen LogP contribution < -0.4 is 5.32 Å². The molecule has 1 aromatic carbocycles. The Hall–Kier alpha value is -1.95. The van der Waals surface area contributed by atoms with Crippen LogP contribution in [0.1, 0.15) is 25.3 Å². The molecule has 0 saturated carbocycles. The van der Waals surface area contributed by atoms with Gasteiger partial charge in [-0.2, -0.15) is 0 Å². The Morgan fingerprint density at radius 3 is 2.50 bits per heavy atom. The molecule has 0 atom stereocenters. The first kappa shape index (κ1) is 18.4. The lowest BCUT2D eigenvalue weighted by atomic mass is 10.1. The van der Waals surface area contributed by atoms with E-state index in [1.807, 2.05) is 24.3 Å². The highest BCUT2D eigenvalue weighted by atomic mass is 35.5. The molecule has 1 fully saturated rings. The summed E-state index contributed by atoms with van der Waals surface area (Å²) in [4.78, 5) is 27.3. The summed E-state index contributed by atoms with van der Waals surface area (Å²) in [5.41, 5.74) is 1.02. The van der Waals surface area contributed by atoms with Gasteiger partial charge < -0.3 is 19.9 Å². The van der Waals surface area contributed by atoms with E-state index in [9.17, 15) is 9.59 Å². The smallest absolute Gasteiger partial charge is 0.409 e. The van der Waals surface area contributed by atoms with Crippen LogP contribution in [0.4, 0.5) is 9.59 Å². The minimum atomic E-state index is -0.276. The van der Waals surface area contributed by atoms with Crippen molar-refractivity contribution in [3.8, 4) is 0 Å². The minimum absolute atomic E-state index is 0.0795. The van der Waals surface area contributed by atoms with Gasteiger partial charge in [0.1, 0.15) is 0 Å². The number of hydrogen-bond acceptors (Lipinski definition) is 3. The molecule has 0 bridgehead atoms. The van der Waals surface area contributed by atoms with E-state index in [0.29, 0.717) is 31.3 Å². The van der Waals surface area contributed by atoms with Crippen LogP contribution in [0.15, 0.2) is 24.3 Å². The van der Waals surface area contributed by atoms with Crippen molar-refractivity contribution >= 4 is 23.7 Å². The summed E-state index contributed by atoms with van der Waals surface area (Å²) in [6.07, 6.45) is 1.20. The van der Waals surface area contributed by atoms with Crippen LogP contribution in [0, 0.1) is 0 Å². The van der Waals surface area contributed by atoms with Crippen molar-refractivity contribution in [2.75, 3.05) is 26.7 Å². The Balaban J connectivity index is 1.76. The highest BCUT2D eigenvalue weighted by molar-refractivity contribution is 6.30. The highest BCUT2D eigenvalue weighted by Gasteiger charge is 2.25. The third kappa shape index (κ3) is 5.30. The molecule has 1 aromatic rings. The zero-order chi connectivity index (χ0) is 17.5. The molecule has 0 radical (unpaired) electrons. The van der Waals surface area contributed by atoms with Gasteiger partial charge in [-0.1, -0.05) is 23.7 Å². The third-order valence-electron chi connectivity index (χ3n) is 4.03. The minimum Gasteiger partial charge on any atom is -0.450 e. The van der Waals surface area contributed by atoms with Crippen molar-refractivity contribution in [2.24, 2.45) is 0 Å². The van der Waals surface area contributed by atoms with Crippen molar-refractivity contribution in [1.29, 1.82) is 0 Å². The summed E-state index contributed by atoms with van der Waals surface area (Å²) < 4.78 is 4.99. The normalized spacial score (nSPS) is 15.0. The fourth-order valence-corrected chi connectivity index (χ4v) is 2.77. The largest absolute Gasteiger partial charge is 0.450 e. The highest BCUT2D eigenvalue weighted by Crippen LogP contribution is 2.13.